The SMILES string of the molecule is COc1ccc(C2(CN(C)CCC(c3ccccc3)c3ccccc3O)CCCC2)cc1OC.Cl. The highest BCUT2D eigenvalue weighted by Crippen LogP contribution is 2.44. The molecule has 0 radical (unpaired) electrons. The Kier molecular flexibility index (Phi) is 9.47. The van der Waals surface area contributed by atoms with Crippen molar-refractivity contribution in [2.75, 3.05) is 34.4 Å². The molecule has 1 atom stereocenters. The van der Waals surface area contributed by atoms with Gasteiger partial charge in [-0.05, 0) is 62.2 Å². The standard InChI is InChI=1S/C30H37NO3.ClH/c1-31(20-17-25(23-11-5-4-6-12-23)26-13-7-8-14-27(26)32)22-30(18-9-10-19-30)24-15-16-28(33-2)29(21-24)34-3;/h4-8,11-16,21,25,32H,9-10,17-20,22H2,1-3H3;1H. The van der Waals surface area contributed by atoms with Gasteiger partial charge in [0.05, 0.1) is 14.2 Å². The van der Waals surface area contributed by atoms with Gasteiger partial charge in [0.15, 0.2) is 11.5 Å². The number of phenolic OH excluding ortho intramolecular Hbond substituents is 1. The molecule has 1 saturated carbocycles. The first kappa shape index (κ1) is 26.9. The number of likely N-dealkylation sites (N-methyl/N-ethyl adjacent to an activating group) is 1. The van der Waals surface area contributed by atoms with Crippen LogP contribution >= 0.6 is 12.4 Å². The Hall–Kier alpha value is -2.69. The van der Waals surface area contributed by atoms with Crippen LogP contribution in [-0.2, 0) is 5.41 Å². The van der Waals surface area contributed by atoms with Gasteiger partial charge in [-0.2, -0.15) is 0 Å². The summed E-state index contributed by atoms with van der Waals surface area (Å²) >= 11 is 0. The maximum absolute atomic E-state index is 10.6. The summed E-state index contributed by atoms with van der Waals surface area (Å²) in [5, 5.41) is 10.6. The van der Waals surface area contributed by atoms with Crippen molar-refractivity contribution in [3.63, 3.8) is 0 Å². The number of nitrogens with zero attached hydrogens (tertiary/aromatic N) is 1. The topological polar surface area (TPSA) is 41.9 Å². The Balaban J connectivity index is 0.00000342. The van der Waals surface area contributed by atoms with E-state index in [1.165, 1.54) is 36.8 Å². The zero-order valence-corrected chi connectivity index (χ0v) is 21.9. The Morgan fingerprint density at radius 2 is 1.54 bits per heavy atom. The highest BCUT2D eigenvalue weighted by Gasteiger charge is 2.37. The lowest BCUT2D eigenvalue weighted by Gasteiger charge is -2.35. The molecule has 3 aromatic carbocycles. The molecule has 3 aromatic rings. The molecule has 5 heteroatoms. The van der Waals surface area contributed by atoms with Gasteiger partial charge in [0.25, 0.3) is 0 Å². The summed E-state index contributed by atoms with van der Waals surface area (Å²) in [4.78, 5) is 2.47. The average molecular weight is 496 g/mol. The molecule has 35 heavy (non-hydrogen) atoms. The van der Waals surface area contributed by atoms with Crippen molar-refractivity contribution in [2.24, 2.45) is 0 Å². The van der Waals surface area contributed by atoms with E-state index in [2.05, 4.69) is 54.4 Å². The summed E-state index contributed by atoms with van der Waals surface area (Å²) in [6.45, 7) is 1.95. The molecule has 4 nitrogen and oxygen atoms in total. The third kappa shape index (κ3) is 6.12. The zero-order chi connectivity index (χ0) is 24.0. The van der Waals surface area contributed by atoms with E-state index in [0.29, 0.717) is 5.75 Å². The van der Waals surface area contributed by atoms with E-state index in [1.807, 2.05) is 24.3 Å². The molecule has 1 aliphatic rings. The molecule has 0 aliphatic heterocycles. The minimum Gasteiger partial charge on any atom is -0.508 e. The molecular formula is C30H38ClNO3. The first-order valence-corrected chi connectivity index (χ1v) is 12.3. The number of benzene rings is 3. The maximum atomic E-state index is 10.6. The molecule has 0 heterocycles. The molecule has 1 fully saturated rings. The van der Waals surface area contributed by atoms with Gasteiger partial charge in [-0.3, -0.25) is 0 Å². The summed E-state index contributed by atoms with van der Waals surface area (Å²) in [5.74, 6) is 2.11. The van der Waals surface area contributed by atoms with E-state index in [0.717, 1.165) is 36.6 Å². The van der Waals surface area contributed by atoms with Gasteiger partial charge in [-0.1, -0.05) is 67.4 Å². The van der Waals surface area contributed by atoms with Gasteiger partial charge in [0.2, 0.25) is 0 Å². The lowest BCUT2D eigenvalue weighted by molar-refractivity contribution is 0.239. The predicted octanol–water partition coefficient (Wildman–Crippen LogP) is 6.80. The number of aromatic hydroxyl groups is 1. The smallest absolute Gasteiger partial charge is 0.161 e. The van der Waals surface area contributed by atoms with E-state index in [1.54, 1.807) is 20.3 Å². The van der Waals surface area contributed by atoms with Crippen LogP contribution in [0.1, 0.15) is 54.7 Å². The van der Waals surface area contributed by atoms with Crippen LogP contribution in [0.2, 0.25) is 0 Å². The van der Waals surface area contributed by atoms with Gasteiger partial charge in [-0.15, -0.1) is 12.4 Å². The number of rotatable bonds is 10. The molecule has 1 unspecified atom stereocenters. The fraction of sp³-hybridized carbons (Fsp3) is 0.400. The van der Waals surface area contributed by atoms with Crippen LogP contribution in [-0.4, -0.2) is 44.4 Å². The van der Waals surface area contributed by atoms with Crippen molar-refractivity contribution in [3.05, 3.63) is 89.5 Å². The van der Waals surface area contributed by atoms with Gasteiger partial charge in [0.1, 0.15) is 5.75 Å². The van der Waals surface area contributed by atoms with Crippen molar-refractivity contribution >= 4 is 12.4 Å². The Labute approximate surface area is 216 Å². The van der Waals surface area contributed by atoms with Gasteiger partial charge >= 0.3 is 0 Å². The number of hydrogen-bond donors (Lipinski definition) is 1. The van der Waals surface area contributed by atoms with Gasteiger partial charge in [0, 0.05) is 23.4 Å². The fourth-order valence-corrected chi connectivity index (χ4v) is 5.67. The second kappa shape index (κ2) is 12.3. The van der Waals surface area contributed by atoms with Crippen molar-refractivity contribution in [1.29, 1.82) is 0 Å². The second-order valence-corrected chi connectivity index (χ2v) is 9.61. The Bertz CT molecular complexity index is 1070. The highest BCUT2D eigenvalue weighted by atomic mass is 35.5. The van der Waals surface area contributed by atoms with Crippen LogP contribution in [0, 0.1) is 0 Å². The number of phenols is 1. The zero-order valence-electron chi connectivity index (χ0n) is 21.1. The normalized spacial score (nSPS) is 15.4. The summed E-state index contributed by atoms with van der Waals surface area (Å²) < 4.78 is 11.1. The Morgan fingerprint density at radius 1 is 0.886 bits per heavy atom. The molecule has 0 spiro atoms. The van der Waals surface area contributed by atoms with Crippen LogP contribution in [0.3, 0.4) is 0 Å². The molecule has 0 aromatic heterocycles. The molecule has 4 rings (SSSR count). The summed E-state index contributed by atoms with van der Waals surface area (Å²) in [5.41, 5.74) is 3.71. The van der Waals surface area contributed by atoms with Crippen LogP contribution in [0.15, 0.2) is 72.8 Å². The number of para-hydroxylation sites is 1. The molecule has 188 valence electrons. The van der Waals surface area contributed by atoms with Crippen molar-refractivity contribution in [2.45, 2.75) is 43.4 Å². The largest absolute Gasteiger partial charge is 0.508 e. The van der Waals surface area contributed by atoms with E-state index >= 15 is 0 Å². The third-order valence-electron chi connectivity index (χ3n) is 7.44. The molecular weight excluding hydrogens is 458 g/mol. The van der Waals surface area contributed by atoms with E-state index in [9.17, 15) is 5.11 Å². The van der Waals surface area contributed by atoms with Crippen LogP contribution in [0.25, 0.3) is 0 Å². The maximum Gasteiger partial charge on any atom is 0.161 e. The highest BCUT2D eigenvalue weighted by molar-refractivity contribution is 5.85. The summed E-state index contributed by atoms with van der Waals surface area (Å²) in [7, 11) is 5.62. The van der Waals surface area contributed by atoms with E-state index < -0.39 is 0 Å². The Morgan fingerprint density at radius 3 is 2.20 bits per heavy atom. The molecule has 0 saturated heterocycles. The van der Waals surface area contributed by atoms with Crippen LogP contribution in [0.5, 0.6) is 17.2 Å². The first-order valence-electron chi connectivity index (χ1n) is 12.3. The minimum absolute atomic E-state index is 0. The number of methoxy groups -OCH3 is 2. The van der Waals surface area contributed by atoms with Crippen LogP contribution < -0.4 is 9.47 Å². The third-order valence-corrected chi connectivity index (χ3v) is 7.44. The van der Waals surface area contributed by atoms with Gasteiger partial charge < -0.3 is 19.5 Å². The summed E-state index contributed by atoms with van der Waals surface area (Å²) in [6, 6.07) is 24.7. The van der Waals surface area contributed by atoms with Gasteiger partial charge in [-0.25, -0.2) is 0 Å². The molecule has 0 amide bonds. The number of halogens is 1. The molecule has 1 aliphatic carbocycles. The minimum atomic E-state index is 0. The first-order chi connectivity index (χ1) is 16.6. The van der Waals surface area contributed by atoms with Crippen molar-refractivity contribution in [3.8, 4) is 17.2 Å². The van der Waals surface area contributed by atoms with E-state index in [-0.39, 0.29) is 23.7 Å². The lowest BCUT2D eigenvalue weighted by Crippen LogP contribution is -2.38. The van der Waals surface area contributed by atoms with Crippen molar-refractivity contribution in [1.82, 2.24) is 4.90 Å². The monoisotopic (exact) mass is 495 g/mol. The quantitative estimate of drug-likeness (QED) is 0.336. The van der Waals surface area contributed by atoms with Crippen LogP contribution in [0.4, 0.5) is 0 Å². The average Bonchev–Trinajstić information content (AvgIpc) is 3.35. The number of ether oxygens (including phenoxy) is 2. The molecule has 0 bridgehead atoms. The lowest BCUT2D eigenvalue weighted by atomic mass is 9.78. The number of hydrogen-bond acceptors (Lipinski definition) is 4. The van der Waals surface area contributed by atoms with E-state index in [4.69, 9.17) is 9.47 Å². The second-order valence-electron chi connectivity index (χ2n) is 9.61. The predicted molar refractivity (Wildman–Crippen MR) is 145 cm³/mol. The molecule has 1 N–H and O–H groups in total. The fourth-order valence-electron chi connectivity index (χ4n) is 5.67. The van der Waals surface area contributed by atoms with Crippen molar-refractivity contribution < 1.29 is 14.6 Å². The summed E-state index contributed by atoms with van der Waals surface area (Å²) in [6.07, 6.45) is 5.84.